The Morgan fingerprint density at radius 1 is 1.09 bits per heavy atom. The van der Waals surface area contributed by atoms with Crippen LogP contribution < -0.4 is 10.9 Å². The van der Waals surface area contributed by atoms with Crippen molar-refractivity contribution < 1.29 is 4.79 Å². The summed E-state index contributed by atoms with van der Waals surface area (Å²) in [7, 11) is 0. The lowest BCUT2D eigenvalue weighted by atomic mass is 10.1. The van der Waals surface area contributed by atoms with Crippen LogP contribution >= 0.6 is 34.7 Å². The standard InChI is InChI=1S/C24H19ClN4O2S2/c1-12-5-4-6-13(2)19(12)26-21(30)20-14(3)18-22(33-20)27-24-29(23(18)31)28-17(11-32-24)15-7-9-16(25)10-8-15/h4-10H,11H2,1-3H3,(H,26,30). The summed E-state index contributed by atoms with van der Waals surface area (Å²) in [6.45, 7) is 5.69. The van der Waals surface area contributed by atoms with E-state index in [9.17, 15) is 9.59 Å². The summed E-state index contributed by atoms with van der Waals surface area (Å²) in [5.74, 6) is 0.345. The smallest absolute Gasteiger partial charge is 0.283 e. The van der Waals surface area contributed by atoms with Gasteiger partial charge in [-0.3, -0.25) is 9.59 Å². The van der Waals surface area contributed by atoms with Gasteiger partial charge in [-0.1, -0.05) is 53.7 Å². The van der Waals surface area contributed by atoms with E-state index in [1.165, 1.54) is 27.8 Å². The molecule has 1 N–H and O–H groups in total. The van der Waals surface area contributed by atoms with Gasteiger partial charge in [-0.05, 0) is 55.2 Å². The fraction of sp³-hybridized carbons (Fsp3) is 0.167. The average molecular weight is 495 g/mol. The lowest BCUT2D eigenvalue weighted by Gasteiger charge is -2.15. The number of thiophene rings is 1. The number of benzene rings is 2. The zero-order valence-electron chi connectivity index (χ0n) is 18.1. The van der Waals surface area contributed by atoms with E-state index in [-0.39, 0.29) is 11.5 Å². The summed E-state index contributed by atoms with van der Waals surface area (Å²) in [5, 5.41) is 9.18. The average Bonchev–Trinajstić information content (AvgIpc) is 3.13. The normalized spacial score (nSPS) is 13.0. The van der Waals surface area contributed by atoms with Crippen molar-refractivity contribution in [3.63, 3.8) is 0 Å². The third kappa shape index (κ3) is 3.88. The van der Waals surface area contributed by atoms with Crippen molar-refractivity contribution in [2.24, 2.45) is 5.10 Å². The van der Waals surface area contributed by atoms with Crippen molar-refractivity contribution in [3.8, 4) is 0 Å². The number of para-hydroxylation sites is 1. The summed E-state index contributed by atoms with van der Waals surface area (Å²) in [6.07, 6.45) is 0. The van der Waals surface area contributed by atoms with E-state index in [0.29, 0.717) is 36.6 Å². The fourth-order valence-electron chi connectivity index (χ4n) is 3.80. The molecule has 0 aliphatic carbocycles. The highest BCUT2D eigenvalue weighted by Crippen LogP contribution is 2.32. The largest absolute Gasteiger partial charge is 0.321 e. The van der Waals surface area contributed by atoms with Crippen molar-refractivity contribution in [3.05, 3.63) is 85.0 Å². The Morgan fingerprint density at radius 3 is 2.48 bits per heavy atom. The van der Waals surface area contributed by atoms with Gasteiger partial charge >= 0.3 is 0 Å². The minimum atomic E-state index is -0.270. The number of anilines is 1. The summed E-state index contributed by atoms with van der Waals surface area (Å²) < 4.78 is 1.34. The second-order valence-corrected chi connectivity index (χ2v) is 10.2. The molecule has 33 heavy (non-hydrogen) atoms. The Balaban J connectivity index is 1.57. The highest BCUT2D eigenvalue weighted by Gasteiger charge is 2.24. The van der Waals surface area contributed by atoms with E-state index >= 15 is 0 Å². The minimum absolute atomic E-state index is 0.242. The maximum absolute atomic E-state index is 13.4. The lowest BCUT2D eigenvalue weighted by molar-refractivity contribution is 0.103. The van der Waals surface area contributed by atoms with E-state index in [1.807, 2.05) is 44.2 Å². The maximum Gasteiger partial charge on any atom is 0.283 e. The molecule has 3 heterocycles. The number of fused-ring (bicyclic) bond motifs is 2. The van der Waals surface area contributed by atoms with Crippen molar-refractivity contribution in [1.29, 1.82) is 0 Å². The Bertz CT molecular complexity index is 1500. The van der Waals surface area contributed by atoms with Gasteiger partial charge in [0.1, 0.15) is 4.83 Å². The predicted octanol–water partition coefficient (Wildman–Crippen LogP) is 5.65. The first-order valence-electron chi connectivity index (χ1n) is 10.2. The predicted molar refractivity (Wildman–Crippen MR) is 137 cm³/mol. The van der Waals surface area contributed by atoms with Gasteiger partial charge < -0.3 is 5.32 Å². The number of hydrogen-bond donors (Lipinski definition) is 1. The number of carbonyl (C=O) groups excluding carboxylic acids is 1. The Labute approximate surface area is 203 Å². The molecule has 0 saturated heterocycles. The zero-order chi connectivity index (χ0) is 23.3. The van der Waals surface area contributed by atoms with Gasteiger partial charge in [0.05, 0.1) is 16.0 Å². The molecule has 0 saturated carbocycles. The first-order chi connectivity index (χ1) is 15.8. The molecule has 1 amide bonds. The van der Waals surface area contributed by atoms with Gasteiger partial charge in [-0.15, -0.1) is 11.3 Å². The Kier molecular flexibility index (Phi) is 5.60. The quantitative estimate of drug-likeness (QED) is 0.373. The molecule has 6 nitrogen and oxygen atoms in total. The third-order valence-corrected chi connectivity index (χ3v) is 7.95. The lowest BCUT2D eigenvalue weighted by Crippen LogP contribution is -2.25. The number of nitrogens with zero attached hydrogens (tertiary/aromatic N) is 3. The SMILES string of the molecule is Cc1cccc(C)c1NC(=O)c1sc2nc3n(c(=O)c2c1C)N=C(c1ccc(Cl)cc1)CS3. The molecular weight excluding hydrogens is 476 g/mol. The zero-order valence-corrected chi connectivity index (χ0v) is 20.5. The van der Waals surface area contributed by atoms with Gasteiger partial charge in [0.15, 0.2) is 5.16 Å². The van der Waals surface area contributed by atoms with Crippen LogP contribution in [-0.2, 0) is 0 Å². The Hall–Kier alpha value is -2.94. The molecule has 0 spiro atoms. The molecule has 0 bridgehead atoms. The van der Waals surface area contributed by atoms with Gasteiger partial charge in [-0.25, -0.2) is 4.98 Å². The van der Waals surface area contributed by atoms with Crippen molar-refractivity contribution >= 4 is 62.2 Å². The second-order valence-electron chi connectivity index (χ2n) is 7.81. The molecule has 166 valence electrons. The van der Waals surface area contributed by atoms with E-state index < -0.39 is 0 Å². The van der Waals surface area contributed by atoms with Crippen LogP contribution in [0.25, 0.3) is 10.2 Å². The van der Waals surface area contributed by atoms with Crippen LogP contribution in [0, 0.1) is 20.8 Å². The van der Waals surface area contributed by atoms with Crippen LogP contribution in [0.15, 0.2) is 57.5 Å². The Morgan fingerprint density at radius 2 is 1.79 bits per heavy atom. The van der Waals surface area contributed by atoms with Gasteiger partial charge in [0.25, 0.3) is 11.5 Å². The number of rotatable bonds is 3. The van der Waals surface area contributed by atoms with Gasteiger partial charge in [-0.2, -0.15) is 9.78 Å². The fourth-order valence-corrected chi connectivity index (χ4v) is 5.94. The molecule has 0 radical (unpaired) electrons. The number of aromatic nitrogens is 2. The number of thioether (sulfide) groups is 1. The molecule has 4 aromatic rings. The molecule has 9 heteroatoms. The van der Waals surface area contributed by atoms with Crippen molar-refractivity contribution in [1.82, 2.24) is 9.66 Å². The topological polar surface area (TPSA) is 76.3 Å². The van der Waals surface area contributed by atoms with E-state index in [4.69, 9.17) is 11.6 Å². The molecule has 1 aliphatic rings. The monoisotopic (exact) mass is 494 g/mol. The minimum Gasteiger partial charge on any atom is -0.321 e. The second kappa shape index (κ2) is 8.44. The van der Waals surface area contributed by atoms with Gasteiger partial charge in [0.2, 0.25) is 0 Å². The van der Waals surface area contributed by atoms with Crippen molar-refractivity contribution in [2.75, 3.05) is 11.1 Å². The summed E-state index contributed by atoms with van der Waals surface area (Å²) in [5.41, 5.74) is 4.77. The van der Waals surface area contributed by atoms with Crippen LogP contribution in [0.4, 0.5) is 5.69 Å². The van der Waals surface area contributed by atoms with E-state index in [2.05, 4.69) is 15.4 Å². The summed E-state index contributed by atoms with van der Waals surface area (Å²) in [6, 6.07) is 13.2. The highest BCUT2D eigenvalue weighted by atomic mass is 35.5. The first kappa shape index (κ1) is 21.9. The molecule has 2 aromatic heterocycles. The highest BCUT2D eigenvalue weighted by molar-refractivity contribution is 7.99. The molecule has 1 aliphatic heterocycles. The number of nitrogens with one attached hydrogen (secondary N) is 1. The van der Waals surface area contributed by atoms with Crippen LogP contribution in [0.3, 0.4) is 0 Å². The van der Waals surface area contributed by atoms with Crippen LogP contribution in [-0.4, -0.2) is 27.0 Å². The number of amides is 1. The molecule has 0 fully saturated rings. The molecule has 0 unspecified atom stereocenters. The number of carbonyl (C=O) groups is 1. The summed E-state index contributed by atoms with van der Waals surface area (Å²) in [4.78, 5) is 32.2. The number of aryl methyl sites for hydroxylation is 3. The van der Waals surface area contributed by atoms with Crippen LogP contribution in [0.5, 0.6) is 0 Å². The van der Waals surface area contributed by atoms with Crippen molar-refractivity contribution in [2.45, 2.75) is 25.9 Å². The van der Waals surface area contributed by atoms with E-state index in [1.54, 1.807) is 19.1 Å². The van der Waals surface area contributed by atoms with Gasteiger partial charge in [0, 0.05) is 16.5 Å². The van der Waals surface area contributed by atoms with E-state index in [0.717, 1.165) is 28.1 Å². The maximum atomic E-state index is 13.4. The first-order valence-corrected chi connectivity index (χ1v) is 12.4. The summed E-state index contributed by atoms with van der Waals surface area (Å²) >= 11 is 8.68. The number of hydrogen-bond acceptors (Lipinski definition) is 6. The molecule has 5 rings (SSSR count). The molecule has 0 atom stereocenters. The third-order valence-electron chi connectivity index (χ3n) is 5.57. The molecular formula is C24H19ClN4O2S2. The molecule has 2 aromatic carbocycles. The van der Waals surface area contributed by atoms with Crippen LogP contribution in [0.1, 0.15) is 31.9 Å². The van der Waals surface area contributed by atoms with Crippen LogP contribution in [0.2, 0.25) is 5.02 Å². The number of halogens is 1.